The molecule has 5 rings (SSSR count). The highest BCUT2D eigenvalue weighted by atomic mass is 16.2. The molecule has 2 fully saturated rings. The van der Waals surface area contributed by atoms with Crippen LogP contribution < -0.4 is 0 Å². The number of likely N-dealkylation sites (tertiary alicyclic amines) is 1. The number of aryl methyl sites for hydroxylation is 1. The van der Waals surface area contributed by atoms with E-state index in [0.717, 1.165) is 44.5 Å². The molecule has 2 aromatic heterocycles. The van der Waals surface area contributed by atoms with E-state index in [0.29, 0.717) is 11.8 Å². The van der Waals surface area contributed by atoms with Crippen molar-refractivity contribution < 1.29 is 4.79 Å². The molecule has 5 nitrogen and oxygen atoms in total. The van der Waals surface area contributed by atoms with Crippen molar-refractivity contribution in [3.05, 3.63) is 64.8 Å². The van der Waals surface area contributed by atoms with Gasteiger partial charge in [-0.1, -0.05) is 19.9 Å². The highest BCUT2D eigenvalue weighted by molar-refractivity contribution is 5.92. The van der Waals surface area contributed by atoms with Crippen LogP contribution in [0, 0.1) is 13.5 Å². The topological polar surface area (TPSA) is 53.4 Å². The molecule has 164 valence electrons. The molecule has 0 atom stereocenters. The predicted molar refractivity (Wildman–Crippen MR) is 127 cm³/mol. The Hall–Kier alpha value is -3.13. The highest BCUT2D eigenvalue weighted by Gasteiger charge is 2.60. The molecule has 0 bridgehead atoms. The van der Waals surface area contributed by atoms with Gasteiger partial charge < -0.3 is 9.88 Å². The number of aromatic nitrogens is 2. The quantitative estimate of drug-likeness (QED) is 0.535. The second-order valence-electron chi connectivity index (χ2n) is 9.77. The molecule has 1 N–H and O–H groups in total. The third-order valence-corrected chi connectivity index (χ3v) is 7.21. The number of hydrogen-bond acceptors (Lipinski definition) is 2. The normalized spacial score (nSPS) is 18.2. The number of hydrogen-bond donors (Lipinski definition) is 1. The third-order valence-electron chi connectivity index (χ3n) is 7.21. The van der Waals surface area contributed by atoms with Gasteiger partial charge in [0.1, 0.15) is 0 Å². The molecular formula is C27H30N4O. The molecule has 3 heterocycles. The van der Waals surface area contributed by atoms with Gasteiger partial charge >= 0.3 is 11.4 Å². The summed E-state index contributed by atoms with van der Waals surface area (Å²) >= 11 is 0. The first-order chi connectivity index (χ1) is 15.4. The van der Waals surface area contributed by atoms with Crippen molar-refractivity contribution in [1.82, 2.24) is 14.9 Å². The summed E-state index contributed by atoms with van der Waals surface area (Å²) < 4.78 is 0. The number of amides is 1. The average Bonchev–Trinajstić information content (AvgIpc) is 3.51. The lowest BCUT2D eigenvalue weighted by molar-refractivity contribution is -0.133. The largest absolute Gasteiger partial charge is 0.354 e. The minimum absolute atomic E-state index is 0.0615. The van der Waals surface area contributed by atoms with E-state index in [2.05, 4.69) is 59.0 Å². The lowest BCUT2D eigenvalue weighted by Crippen LogP contribution is -2.43. The van der Waals surface area contributed by atoms with Crippen LogP contribution in [0.15, 0.2) is 36.5 Å². The fourth-order valence-corrected chi connectivity index (χ4v) is 5.21. The zero-order chi connectivity index (χ0) is 22.5. The lowest BCUT2D eigenvalue weighted by atomic mass is 9.87. The number of pyridine rings is 1. The van der Waals surface area contributed by atoms with Crippen molar-refractivity contribution in [2.45, 2.75) is 63.8 Å². The number of fused-ring (bicyclic) bond motifs is 1. The van der Waals surface area contributed by atoms with E-state index in [1.165, 1.54) is 33.3 Å². The van der Waals surface area contributed by atoms with E-state index in [4.69, 9.17) is 6.57 Å². The molecule has 0 radical (unpaired) electrons. The van der Waals surface area contributed by atoms with Crippen LogP contribution in [0.25, 0.3) is 27.0 Å². The van der Waals surface area contributed by atoms with Gasteiger partial charge in [-0.25, -0.2) is 6.57 Å². The van der Waals surface area contributed by atoms with Crippen molar-refractivity contribution in [3.63, 3.8) is 0 Å². The van der Waals surface area contributed by atoms with Crippen LogP contribution in [0.1, 0.15) is 68.2 Å². The van der Waals surface area contributed by atoms with Crippen molar-refractivity contribution in [1.29, 1.82) is 0 Å². The van der Waals surface area contributed by atoms with Gasteiger partial charge in [-0.2, -0.15) is 0 Å². The van der Waals surface area contributed by atoms with Crippen LogP contribution in [0.3, 0.4) is 0 Å². The van der Waals surface area contributed by atoms with Crippen molar-refractivity contribution in [2.24, 2.45) is 0 Å². The van der Waals surface area contributed by atoms with Gasteiger partial charge in [-0.05, 0) is 67.0 Å². The second-order valence-corrected chi connectivity index (χ2v) is 9.77. The summed E-state index contributed by atoms with van der Waals surface area (Å²) in [5.74, 6) is 0.907. The molecule has 0 spiro atoms. The van der Waals surface area contributed by atoms with E-state index in [1.807, 2.05) is 18.0 Å². The Morgan fingerprint density at radius 1 is 1.22 bits per heavy atom. The summed E-state index contributed by atoms with van der Waals surface area (Å²) in [6, 6.07) is 11.0. The Kier molecular flexibility index (Phi) is 5.04. The van der Waals surface area contributed by atoms with E-state index >= 15 is 0 Å². The van der Waals surface area contributed by atoms with Crippen LogP contribution >= 0.6 is 0 Å². The Labute approximate surface area is 189 Å². The van der Waals surface area contributed by atoms with Crippen LogP contribution in [-0.2, 0) is 4.79 Å². The van der Waals surface area contributed by atoms with E-state index in [9.17, 15) is 4.79 Å². The van der Waals surface area contributed by atoms with E-state index in [-0.39, 0.29) is 5.91 Å². The summed E-state index contributed by atoms with van der Waals surface area (Å²) in [6.45, 7) is 15.4. The highest BCUT2D eigenvalue weighted by Crippen LogP contribution is 2.43. The zero-order valence-electron chi connectivity index (χ0n) is 19.1. The lowest BCUT2D eigenvalue weighted by Gasteiger charge is -2.32. The Morgan fingerprint density at radius 2 is 1.97 bits per heavy atom. The number of nitrogens with zero attached hydrogens (tertiary/aromatic N) is 3. The number of H-pyrrole nitrogens is 1. The second kappa shape index (κ2) is 7.78. The van der Waals surface area contributed by atoms with Crippen LogP contribution in [0.2, 0.25) is 0 Å². The standard InChI is InChI=1S/C27H30N4O/c1-17(2)24-22-16-20(5-6-23(22)30-25(24)21-7-12-29-18(3)15-21)19-8-13-31(14-9-19)26(32)27(28-4)10-11-27/h5-7,12,15-17,19,30H,8-11,13-14H2,1-3H3. The van der Waals surface area contributed by atoms with E-state index in [1.54, 1.807) is 0 Å². The minimum Gasteiger partial charge on any atom is -0.354 e. The van der Waals surface area contributed by atoms with Crippen LogP contribution in [0.5, 0.6) is 0 Å². The average molecular weight is 427 g/mol. The van der Waals surface area contributed by atoms with Gasteiger partial charge in [0, 0.05) is 54.3 Å². The van der Waals surface area contributed by atoms with Gasteiger partial charge in [0.25, 0.3) is 0 Å². The number of carbonyl (C=O) groups excluding carboxylic acids is 1. The SMILES string of the molecule is [C-]#[N+]C1(C(=O)N2CCC(c3ccc4[nH]c(-c5ccnc(C)c5)c(C(C)C)c4c3)CC2)CC1. The number of carbonyl (C=O) groups is 1. The summed E-state index contributed by atoms with van der Waals surface area (Å²) in [6.07, 6.45) is 5.26. The van der Waals surface area contributed by atoms with Crippen molar-refractivity contribution >= 4 is 16.8 Å². The van der Waals surface area contributed by atoms with Gasteiger partial charge in [0.05, 0.1) is 5.69 Å². The fraction of sp³-hybridized carbons (Fsp3) is 0.444. The summed E-state index contributed by atoms with van der Waals surface area (Å²) in [7, 11) is 0. The molecule has 1 saturated heterocycles. The first-order valence-corrected chi connectivity index (χ1v) is 11.7. The van der Waals surface area contributed by atoms with Crippen LogP contribution in [-0.4, -0.2) is 39.4 Å². The predicted octanol–water partition coefficient (Wildman–Crippen LogP) is 5.82. The Bertz CT molecular complexity index is 1220. The molecule has 5 heteroatoms. The van der Waals surface area contributed by atoms with Gasteiger partial charge in [0.15, 0.2) is 0 Å². The molecule has 0 unspecified atom stereocenters. The maximum Gasteiger partial charge on any atom is 0.309 e. The molecular weight excluding hydrogens is 396 g/mol. The Balaban J connectivity index is 1.42. The van der Waals surface area contributed by atoms with E-state index < -0.39 is 5.54 Å². The molecule has 1 amide bonds. The fourth-order valence-electron chi connectivity index (χ4n) is 5.21. The number of piperidine rings is 1. The molecule has 2 aliphatic rings. The Morgan fingerprint density at radius 3 is 2.59 bits per heavy atom. The number of benzene rings is 1. The molecule has 3 aromatic rings. The summed E-state index contributed by atoms with van der Waals surface area (Å²) in [5, 5.41) is 1.30. The number of rotatable bonds is 4. The molecule has 1 aliphatic heterocycles. The maximum atomic E-state index is 12.7. The molecule has 1 aliphatic carbocycles. The molecule has 1 saturated carbocycles. The van der Waals surface area contributed by atoms with Gasteiger partial charge in [0.2, 0.25) is 0 Å². The smallest absolute Gasteiger partial charge is 0.309 e. The maximum absolute atomic E-state index is 12.7. The monoisotopic (exact) mass is 426 g/mol. The zero-order valence-corrected chi connectivity index (χ0v) is 19.1. The van der Waals surface area contributed by atoms with Crippen molar-refractivity contribution in [2.75, 3.05) is 13.1 Å². The van der Waals surface area contributed by atoms with Gasteiger partial charge in [-0.3, -0.25) is 14.6 Å². The number of aromatic amines is 1. The summed E-state index contributed by atoms with van der Waals surface area (Å²) in [5.41, 5.74) is 6.55. The minimum atomic E-state index is -0.718. The van der Waals surface area contributed by atoms with Crippen LogP contribution in [0.4, 0.5) is 0 Å². The molecule has 32 heavy (non-hydrogen) atoms. The first kappa shape index (κ1) is 20.8. The van der Waals surface area contributed by atoms with Gasteiger partial charge in [-0.15, -0.1) is 0 Å². The number of nitrogens with one attached hydrogen (secondary N) is 1. The van der Waals surface area contributed by atoms with Crippen molar-refractivity contribution in [3.8, 4) is 11.3 Å². The first-order valence-electron chi connectivity index (χ1n) is 11.7. The third kappa shape index (κ3) is 3.48. The summed E-state index contributed by atoms with van der Waals surface area (Å²) in [4.78, 5) is 26.3. The molecule has 1 aromatic carbocycles.